The first-order valence-electron chi connectivity index (χ1n) is 8.66. The van der Waals surface area contributed by atoms with Crippen molar-refractivity contribution in [3.05, 3.63) is 57.7 Å². The maximum Gasteiger partial charge on any atom is 0.338 e. The molecule has 0 bridgehead atoms. The fourth-order valence-electron chi connectivity index (χ4n) is 2.64. The number of anilines is 1. The summed E-state index contributed by atoms with van der Waals surface area (Å²) in [6.07, 6.45) is 1.16. The number of barbiturate groups is 1. The molecule has 0 saturated carbocycles. The number of amides is 4. The topological polar surface area (TPSA) is 105 Å². The van der Waals surface area contributed by atoms with Crippen molar-refractivity contribution >= 4 is 64.0 Å². The molecule has 1 saturated heterocycles. The van der Waals surface area contributed by atoms with Gasteiger partial charge in [-0.3, -0.25) is 19.9 Å². The van der Waals surface area contributed by atoms with Gasteiger partial charge in [-0.15, -0.1) is 0 Å². The third-order valence-corrected chi connectivity index (χ3v) is 4.74. The molecule has 0 aliphatic carbocycles. The van der Waals surface area contributed by atoms with Crippen molar-refractivity contribution in [3.63, 3.8) is 0 Å². The fraction of sp³-hybridized carbons (Fsp3) is 0.150. The number of hydrogen-bond donors (Lipinski definition) is 1. The Kier molecular flexibility index (Phi) is 6.37. The summed E-state index contributed by atoms with van der Waals surface area (Å²) in [6, 6.07) is 12.2. The summed E-state index contributed by atoms with van der Waals surface area (Å²) in [5.74, 6) is -3.23. The molecule has 4 amide bonds. The minimum absolute atomic E-state index is 0.242. The maximum atomic E-state index is 12.8. The highest BCUT2D eigenvalue weighted by molar-refractivity contribution is 14.1. The molecule has 9 heteroatoms. The number of rotatable bonds is 5. The molecular weight excluding hydrogens is 489 g/mol. The van der Waals surface area contributed by atoms with Crippen LogP contribution in [-0.4, -0.2) is 36.6 Å². The third-order valence-electron chi connectivity index (χ3n) is 4.02. The number of ether oxygens (including phenoxy) is 1. The molecule has 8 nitrogen and oxygen atoms in total. The monoisotopic (exact) mass is 505 g/mol. The van der Waals surface area contributed by atoms with Gasteiger partial charge in [-0.2, -0.15) is 0 Å². The molecular formula is C20H16IN3O5. The number of urea groups is 1. The number of carbonyl (C=O) groups is 4. The summed E-state index contributed by atoms with van der Waals surface area (Å²) in [7, 11) is 0. The highest BCUT2D eigenvalue weighted by Crippen LogP contribution is 2.22. The second-order valence-corrected chi connectivity index (χ2v) is 7.22. The van der Waals surface area contributed by atoms with Gasteiger partial charge >= 0.3 is 12.0 Å². The Balaban J connectivity index is 1.84. The lowest BCUT2D eigenvalue weighted by molar-refractivity contribution is -0.131. The minimum atomic E-state index is -1.28. The summed E-state index contributed by atoms with van der Waals surface area (Å²) in [4.78, 5) is 54.0. The molecule has 29 heavy (non-hydrogen) atoms. The highest BCUT2D eigenvalue weighted by Gasteiger charge is 2.40. The number of halogens is 1. The van der Waals surface area contributed by atoms with Gasteiger partial charge in [0.25, 0.3) is 5.91 Å². The highest BCUT2D eigenvalue weighted by atomic mass is 127. The number of nitrogens with one attached hydrogen (secondary N) is 1. The van der Waals surface area contributed by atoms with Gasteiger partial charge in [0.2, 0.25) is 5.91 Å². The van der Waals surface area contributed by atoms with Crippen LogP contribution >= 0.6 is 22.6 Å². The Hall–Kier alpha value is -3.08. The number of hydrogen-bond acceptors (Lipinski definition) is 6. The summed E-state index contributed by atoms with van der Waals surface area (Å²) < 4.78 is 5.88. The Labute approximate surface area is 180 Å². The molecule has 2 aromatic rings. The van der Waals surface area contributed by atoms with Crippen molar-refractivity contribution in [3.8, 4) is 0 Å². The summed E-state index contributed by atoms with van der Waals surface area (Å²) >= 11 is 2.11. The first-order chi connectivity index (χ1) is 13.9. The molecule has 0 aromatic heterocycles. The van der Waals surface area contributed by atoms with Crippen molar-refractivity contribution in [2.45, 2.75) is 6.92 Å². The Morgan fingerprint density at radius 3 is 2.62 bits per heavy atom. The molecule has 1 fully saturated rings. The average molecular weight is 505 g/mol. The van der Waals surface area contributed by atoms with E-state index in [-0.39, 0.29) is 6.61 Å². The second kappa shape index (κ2) is 8.95. The smallest absolute Gasteiger partial charge is 0.338 e. The molecule has 0 unspecified atom stereocenters. The predicted molar refractivity (Wildman–Crippen MR) is 114 cm³/mol. The predicted octanol–water partition coefficient (Wildman–Crippen LogP) is 3.07. The largest absolute Gasteiger partial charge is 0.462 e. The Morgan fingerprint density at radius 2 is 1.93 bits per heavy atom. The number of carbonyl (C=O) groups excluding carboxylic acids is 4. The van der Waals surface area contributed by atoms with Crippen LogP contribution in [0.5, 0.6) is 0 Å². The number of benzene rings is 2. The Bertz CT molecular complexity index is 1000. The molecule has 0 radical (unpaired) electrons. The van der Waals surface area contributed by atoms with Gasteiger partial charge in [0.05, 0.1) is 23.5 Å². The molecule has 148 valence electrons. The van der Waals surface area contributed by atoms with E-state index in [1.165, 1.54) is 6.07 Å². The second-order valence-electron chi connectivity index (χ2n) is 5.97. The number of imide groups is 2. The van der Waals surface area contributed by atoms with Crippen molar-refractivity contribution in [1.82, 2.24) is 5.32 Å². The van der Waals surface area contributed by atoms with E-state index in [9.17, 15) is 19.2 Å². The van der Waals surface area contributed by atoms with Gasteiger partial charge in [-0.1, -0.05) is 6.07 Å². The fourth-order valence-corrected chi connectivity index (χ4v) is 3.00. The van der Waals surface area contributed by atoms with Crippen molar-refractivity contribution < 1.29 is 23.9 Å². The normalized spacial score (nSPS) is 16.8. The molecule has 3 rings (SSSR count). The zero-order valence-electron chi connectivity index (χ0n) is 15.3. The van der Waals surface area contributed by atoms with Crippen molar-refractivity contribution in [2.24, 2.45) is 10.9 Å². The molecule has 1 aliphatic rings. The van der Waals surface area contributed by atoms with Gasteiger partial charge in [-0.25, -0.2) is 14.5 Å². The minimum Gasteiger partial charge on any atom is -0.462 e. The SMILES string of the molecule is CCOC(=O)c1cccc(N=C[C@@H]2C(=O)NC(=O)N(c3ccc(I)cc3)C2=O)c1. The van der Waals surface area contributed by atoms with Gasteiger partial charge in [0, 0.05) is 9.78 Å². The third kappa shape index (κ3) is 4.67. The zero-order valence-corrected chi connectivity index (χ0v) is 17.5. The van der Waals surface area contributed by atoms with Crippen LogP contribution in [-0.2, 0) is 14.3 Å². The van der Waals surface area contributed by atoms with Crippen LogP contribution in [0.2, 0.25) is 0 Å². The van der Waals surface area contributed by atoms with Crippen LogP contribution in [0, 0.1) is 9.49 Å². The van der Waals surface area contributed by atoms with Crippen LogP contribution in [0.1, 0.15) is 17.3 Å². The van der Waals surface area contributed by atoms with Crippen molar-refractivity contribution in [2.75, 3.05) is 11.5 Å². The first kappa shape index (κ1) is 20.6. The molecule has 1 heterocycles. The summed E-state index contributed by atoms with van der Waals surface area (Å²) in [5, 5.41) is 2.17. The van der Waals surface area contributed by atoms with Crippen LogP contribution in [0.15, 0.2) is 53.5 Å². The average Bonchev–Trinajstić information content (AvgIpc) is 2.69. The van der Waals surface area contributed by atoms with E-state index in [0.717, 1.165) is 14.7 Å². The van der Waals surface area contributed by atoms with E-state index in [0.29, 0.717) is 16.9 Å². The lowest BCUT2D eigenvalue weighted by Gasteiger charge is -2.28. The lowest BCUT2D eigenvalue weighted by atomic mass is 10.1. The quantitative estimate of drug-likeness (QED) is 0.291. The Morgan fingerprint density at radius 1 is 1.21 bits per heavy atom. The van der Waals surface area contributed by atoms with E-state index in [4.69, 9.17) is 4.74 Å². The van der Waals surface area contributed by atoms with E-state index in [1.54, 1.807) is 49.4 Å². The summed E-state index contributed by atoms with van der Waals surface area (Å²) in [5.41, 5.74) is 1.02. The number of esters is 1. The lowest BCUT2D eigenvalue weighted by Crippen LogP contribution is -2.58. The van der Waals surface area contributed by atoms with Crippen LogP contribution < -0.4 is 10.2 Å². The molecule has 0 spiro atoms. The van der Waals surface area contributed by atoms with Gasteiger partial charge in [0.15, 0.2) is 5.92 Å². The summed E-state index contributed by atoms with van der Waals surface area (Å²) in [6.45, 7) is 1.94. The van der Waals surface area contributed by atoms with E-state index in [1.807, 2.05) is 0 Å². The van der Waals surface area contributed by atoms with Crippen LogP contribution in [0.25, 0.3) is 0 Å². The zero-order chi connectivity index (χ0) is 21.0. The maximum absolute atomic E-state index is 12.8. The van der Waals surface area contributed by atoms with Crippen LogP contribution in [0.3, 0.4) is 0 Å². The number of nitrogens with zero attached hydrogens (tertiary/aromatic N) is 2. The van der Waals surface area contributed by atoms with Crippen molar-refractivity contribution in [1.29, 1.82) is 0 Å². The van der Waals surface area contributed by atoms with Gasteiger partial charge in [-0.05, 0) is 72.0 Å². The molecule has 1 N–H and O–H groups in total. The number of aliphatic imine (C=N–C) groups is 1. The molecule has 1 aliphatic heterocycles. The van der Waals surface area contributed by atoms with E-state index >= 15 is 0 Å². The van der Waals surface area contributed by atoms with E-state index < -0.39 is 29.7 Å². The van der Waals surface area contributed by atoms with Gasteiger partial charge < -0.3 is 4.74 Å². The molecule has 1 atom stereocenters. The first-order valence-corrected chi connectivity index (χ1v) is 9.74. The van der Waals surface area contributed by atoms with Gasteiger partial charge in [0.1, 0.15) is 0 Å². The molecule has 2 aromatic carbocycles. The standard InChI is InChI=1S/C20H16IN3O5/c1-2-29-19(27)12-4-3-5-14(10-12)22-11-16-17(25)23-20(28)24(18(16)26)15-8-6-13(21)7-9-15/h3-11,16H,2H2,1H3,(H,23,25,28)/t16-/m1/s1. The van der Waals surface area contributed by atoms with E-state index in [2.05, 4.69) is 32.9 Å². The van der Waals surface area contributed by atoms with Crippen LogP contribution in [0.4, 0.5) is 16.2 Å².